The zero-order valence-corrected chi connectivity index (χ0v) is 9.34. The molecule has 1 fully saturated rings. The highest BCUT2D eigenvalue weighted by Crippen LogP contribution is 2.23. The summed E-state index contributed by atoms with van der Waals surface area (Å²) in [4.78, 5) is 22.3. The first-order valence-corrected chi connectivity index (χ1v) is 5.66. The van der Waals surface area contributed by atoms with Crippen LogP contribution in [0.25, 0.3) is 0 Å². The lowest BCUT2D eigenvalue weighted by atomic mass is 9.94. The third kappa shape index (κ3) is 3.50. The maximum atomic E-state index is 11.3. The molecule has 0 aromatic rings. The predicted octanol–water partition coefficient (Wildman–Crippen LogP) is 2.18. The molecule has 84 valence electrons. The highest BCUT2D eigenvalue weighted by atomic mass is 16.2. The zero-order chi connectivity index (χ0) is 11.3. The summed E-state index contributed by atoms with van der Waals surface area (Å²) in [5.74, 6) is -0.598. The number of rotatable bonds is 6. The van der Waals surface area contributed by atoms with Gasteiger partial charge in [-0.3, -0.25) is 14.9 Å². The summed E-state index contributed by atoms with van der Waals surface area (Å²) in [6.07, 6.45) is 5.84. The minimum atomic E-state index is -0.265. The normalized spacial score (nSPS) is 20.5. The van der Waals surface area contributed by atoms with Crippen molar-refractivity contribution in [2.75, 3.05) is 0 Å². The minimum Gasteiger partial charge on any atom is -0.296 e. The number of carbonyl (C=O) groups excluding carboxylic acids is 2. The summed E-state index contributed by atoms with van der Waals surface area (Å²) < 4.78 is 0. The van der Waals surface area contributed by atoms with Gasteiger partial charge in [-0.1, -0.05) is 38.3 Å². The Balaban J connectivity index is 2.28. The predicted molar refractivity (Wildman–Crippen MR) is 59.2 cm³/mol. The van der Waals surface area contributed by atoms with Crippen molar-refractivity contribution in [3.63, 3.8) is 0 Å². The number of carbonyl (C=O) groups is 2. The van der Waals surface area contributed by atoms with Crippen molar-refractivity contribution in [1.82, 2.24) is 5.32 Å². The fourth-order valence-electron chi connectivity index (χ4n) is 1.84. The SMILES string of the molecule is C=C(CCCCCC)C1CC(=O)NC1=O. The Morgan fingerprint density at radius 2 is 2.13 bits per heavy atom. The molecule has 0 radical (unpaired) electrons. The van der Waals surface area contributed by atoms with Crippen LogP contribution >= 0.6 is 0 Å². The molecule has 3 heteroatoms. The molecule has 0 aromatic heterocycles. The summed E-state index contributed by atoms with van der Waals surface area (Å²) in [7, 11) is 0. The average Bonchev–Trinajstić information content (AvgIpc) is 2.52. The van der Waals surface area contributed by atoms with Gasteiger partial charge in [0.25, 0.3) is 0 Å². The Hall–Kier alpha value is -1.12. The molecule has 1 atom stereocenters. The van der Waals surface area contributed by atoms with E-state index in [4.69, 9.17) is 0 Å². The van der Waals surface area contributed by atoms with Crippen LogP contribution in [0.15, 0.2) is 12.2 Å². The van der Waals surface area contributed by atoms with E-state index in [9.17, 15) is 9.59 Å². The number of imide groups is 1. The van der Waals surface area contributed by atoms with Crippen LogP contribution < -0.4 is 5.32 Å². The number of hydrogen-bond donors (Lipinski definition) is 1. The highest BCUT2D eigenvalue weighted by Gasteiger charge is 2.31. The molecule has 0 aliphatic carbocycles. The van der Waals surface area contributed by atoms with E-state index in [1.807, 2.05) is 0 Å². The molecule has 1 rings (SSSR count). The number of hydrogen-bond acceptors (Lipinski definition) is 2. The van der Waals surface area contributed by atoms with Gasteiger partial charge >= 0.3 is 0 Å². The van der Waals surface area contributed by atoms with Crippen molar-refractivity contribution in [3.8, 4) is 0 Å². The molecular formula is C12H19NO2. The monoisotopic (exact) mass is 209 g/mol. The molecule has 1 heterocycles. The van der Waals surface area contributed by atoms with E-state index in [0.29, 0.717) is 6.42 Å². The van der Waals surface area contributed by atoms with Crippen molar-refractivity contribution in [3.05, 3.63) is 12.2 Å². The van der Waals surface area contributed by atoms with Gasteiger partial charge in [0.1, 0.15) is 0 Å². The molecule has 1 aliphatic rings. The van der Waals surface area contributed by atoms with Crippen molar-refractivity contribution in [2.45, 2.75) is 45.4 Å². The molecule has 3 nitrogen and oxygen atoms in total. The molecule has 1 N–H and O–H groups in total. The summed E-state index contributed by atoms with van der Waals surface area (Å²) in [5, 5.41) is 2.31. The highest BCUT2D eigenvalue weighted by molar-refractivity contribution is 6.04. The van der Waals surface area contributed by atoms with Gasteiger partial charge in [0.05, 0.1) is 5.92 Å². The lowest BCUT2D eigenvalue weighted by Crippen LogP contribution is -2.22. The van der Waals surface area contributed by atoms with Crippen LogP contribution in [-0.2, 0) is 9.59 Å². The summed E-state index contributed by atoms with van der Waals surface area (Å²) in [5.41, 5.74) is 0.912. The van der Waals surface area contributed by atoms with Gasteiger partial charge in [-0.15, -0.1) is 0 Å². The average molecular weight is 209 g/mol. The molecule has 0 aromatic carbocycles. The quantitative estimate of drug-likeness (QED) is 0.414. The van der Waals surface area contributed by atoms with Crippen LogP contribution in [0.1, 0.15) is 45.4 Å². The topological polar surface area (TPSA) is 46.2 Å². The van der Waals surface area contributed by atoms with E-state index in [2.05, 4.69) is 18.8 Å². The number of unbranched alkanes of at least 4 members (excludes halogenated alkanes) is 3. The molecule has 0 spiro atoms. The summed E-state index contributed by atoms with van der Waals surface area (Å²) in [6.45, 7) is 6.07. The molecule has 1 unspecified atom stereocenters. The lowest BCUT2D eigenvalue weighted by Gasteiger charge is -2.09. The second kappa shape index (κ2) is 5.69. The lowest BCUT2D eigenvalue weighted by molar-refractivity contribution is -0.125. The van der Waals surface area contributed by atoms with Crippen molar-refractivity contribution in [2.24, 2.45) is 5.92 Å². The molecule has 1 aliphatic heterocycles. The Labute approximate surface area is 90.9 Å². The minimum absolute atomic E-state index is 0.166. The first-order valence-electron chi connectivity index (χ1n) is 5.66. The van der Waals surface area contributed by atoms with Gasteiger partial charge in [-0.05, 0) is 12.8 Å². The van der Waals surface area contributed by atoms with Gasteiger partial charge < -0.3 is 0 Å². The smallest absolute Gasteiger partial charge is 0.234 e. The van der Waals surface area contributed by atoms with E-state index < -0.39 is 0 Å². The third-order valence-electron chi connectivity index (χ3n) is 2.81. The maximum Gasteiger partial charge on any atom is 0.234 e. The molecular weight excluding hydrogens is 190 g/mol. The van der Waals surface area contributed by atoms with Crippen LogP contribution in [0.3, 0.4) is 0 Å². The van der Waals surface area contributed by atoms with Gasteiger partial charge in [0.15, 0.2) is 0 Å². The van der Waals surface area contributed by atoms with Crippen LogP contribution in [0, 0.1) is 5.92 Å². The maximum absolute atomic E-state index is 11.3. The Morgan fingerprint density at radius 3 is 2.67 bits per heavy atom. The fourth-order valence-corrected chi connectivity index (χ4v) is 1.84. The van der Waals surface area contributed by atoms with Crippen LogP contribution in [0.4, 0.5) is 0 Å². The Morgan fingerprint density at radius 1 is 1.40 bits per heavy atom. The second-order valence-electron chi connectivity index (χ2n) is 4.14. The van der Waals surface area contributed by atoms with Gasteiger partial charge in [0.2, 0.25) is 11.8 Å². The molecule has 1 saturated heterocycles. The summed E-state index contributed by atoms with van der Waals surface area (Å²) >= 11 is 0. The van der Waals surface area contributed by atoms with Gasteiger partial charge in [-0.25, -0.2) is 0 Å². The number of amides is 2. The molecule has 15 heavy (non-hydrogen) atoms. The molecule has 2 amide bonds. The first kappa shape index (κ1) is 12.0. The second-order valence-corrected chi connectivity index (χ2v) is 4.14. The van der Waals surface area contributed by atoms with Crippen LogP contribution in [0.5, 0.6) is 0 Å². The summed E-state index contributed by atoms with van der Waals surface area (Å²) in [6, 6.07) is 0. The molecule has 0 saturated carbocycles. The van der Waals surface area contributed by atoms with Crippen LogP contribution in [-0.4, -0.2) is 11.8 Å². The standard InChI is InChI=1S/C12H19NO2/c1-3-4-5-6-7-9(2)10-8-11(14)13-12(10)15/h10H,2-8H2,1H3,(H,13,14,15). The van der Waals surface area contributed by atoms with Crippen molar-refractivity contribution < 1.29 is 9.59 Å². The van der Waals surface area contributed by atoms with Crippen molar-refractivity contribution in [1.29, 1.82) is 0 Å². The Bertz CT molecular complexity index is 271. The van der Waals surface area contributed by atoms with Gasteiger partial charge in [0, 0.05) is 6.42 Å². The van der Waals surface area contributed by atoms with Crippen LogP contribution in [0.2, 0.25) is 0 Å². The van der Waals surface area contributed by atoms with Gasteiger partial charge in [-0.2, -0.15) is 0 Å². The third-order valence-corrected chi connectivity index (χ3v) is 2.81. The first-order chi connectivity index (χ1) is 7.15. The fraction of sp³-hybridized carbons (Fsp3) is 0.667. The molecule has 0 bridgehead atoms. The number of nitrogens with one attached hydrogen (secondary N) is 1. The van der Waals surface area contributed by atoms with E-state index in [1.165, 1.54) is 19.3 Å². The largest absolute Gasteiger partial charge is 0.296 e. The van der Waals surface area contributed by atoms with E-state index in [-0.39, 0.29) is 17.7 Å². The van der Waals surface area contributed by atoms with E-state index >= 15 is 0 Å². The Kier molecular flexibility index (Phi) is 4.53. The van der Waals surface area contributed by atoms with E-state index in [1.54, 1.807) is 0 Å². The van der Waals surface area contributed by atoms with E-state index in [0.717, 1.165) is 18.4 Å². The van der Waals surface area contributed by atoms with Crippen molar-refractivity contribution >= 4 is 11.8 Å². The zero-order valence-electron chi connectivity index (χ0n) is 9.34.